The number of anilines is 1. The lowest BCUT2D eigenvalue weighted by Crippen LogP contribution is -2.51. The SMILES string of the molecule is CNC(=O)c1cc2c(cc1F)S(=O)(=O)C[C@H](NC(=O)OC(C)(C)C)C(=O)N2Cc1ccc(OC(F)(F)F)cc1. The highest BCUT2D eigenvalue weighted by molar-refractivity contribution is 7.91. The Balaban J connectivity index is 2.10. The Bertz CT molecular complexity index is 1390. The molecular formula is C24H25F4N3O7S. The molecule has 3 rings (SSSR count). The first-order valence-corrected chi connectivity index (χ1v) is 13.0. The van der Waals surface area contributed by atoms with E-state index >= 15 is 0 Å². The van der Waals surface area contributed by atoms with Gasteiger partial charge in [-0.2, -0.15) is 0 Å². The average Bonchev–Trinajstić information content (AvgIpc) is 2.86. The van der Waals surface area contributed by atoms with E-state index in [-0.39, 0.29) is 11.3 Å². The predicted octanol–water partition coefficient (Wildman–Crippen LogP) is 3.30. The zero-order chi connectivity index (χ0) is 29.3. The van der Waals surface area contributed by atoms with E-state index < -0.39 is 80.1 Å². The van der Waals surface area contributed by atoms with Crippen molar-refractivity contribution in [3.05, 3.63) is 53.3 Å². The van der Waals surface area contributed by atoms with Crippen LogP contribution in [0.5, 0.6) is 5.75 Å². The summed E-state index contributed by atoms with van der Waals surface area (Å²) < 4.78 is 87.8. The Hall–Kier alpha value is -3.88. The lowest BCUT2D eigenvalue weighted by molar-refractivity contribution is -0.274. The minimum absolute atomic E-state index is 0.227. The maximum atomic E-state index is 14.8. The van der Waals surface area contributed by atoms with E-state index in [0.29, 0.717) is 6.07 Å². The summed E-state index contributed by atoms with van der Waals surface area (Å²) in [5.74, 6) is -4.51. The lowest BCUT2D eigenvalue weighted by atomic mass is 10.1. The second kappa shape index (κ2) is 10.7. The van der Waals surface area contributed by atoms with Gasteiger partial charge in [0.1, 0.15) is 23.2 Å². The van der Waals surface area contributed by atoms with Gasteiger partial charge in [0.15, 0.2) is 9.84 Å². The number of nitrogens with zero attached hydrogens (tertiary/aromatic N) is 1. The maximum absolute atomic E-state index is 14.8. The Kier molecular flexibility index (Phi) is 8.15. The van der Waals surface area contributed by atoms with Gasteiger partial charge in [-0.1, -0.05) is 12.1 Å². The summed E-state index contributed by atoms with van der Waals surface area (Å²) in [6.07, 6.45) is -6.02. The first-order valence-electron chi connectivity index (χ1n) is 11.3. The molecule has 0 saturated heterocycles. The first kappa shape index (κ1) is 29.7. The number of hydrogen-bond acceptors (Lipinski definition) is 7. The number of halogens is 4. The van der Waals surface area contributed by atoms with Crippen LogP contribution in [-0.2, 0) is 25.9 Å². The molecule has 0 aromatic heterocycles. The largest absolute Gasteiger partial charge is 0.573 e. The molecule has 3 amide bonds. The number of nitrogens with one attached hydrogen (secondary N) is 2. The highest BCUT2D eigenvalue weighted by Gasteiger charge is 2.40. The van der Waals surface area contributed by atoms with Gasteiger partial charge in [-0.15, -0.1) is 13.2 Å². The number of benzene rings is 2. The summed E-state index contributed by atoms with van der Waals surface area (Å²) in [5, 5.41) is 4.43. The summed E-state index contributed by atoms with van der Waals surface area (Å²) in [6.45, 7) is 4.24. The van der Waals surface area contributed by atoms with Crippen LogP contribution in [0.3, 0.4) is 0 Å². The van der Waals surface area contributed by atoms with Crippen molar-refractivity contribution < 1.29 is 49.8 Å². The molecule has 2 N–H and O–H groups in total. The number of rotatable bonds is 5. The van der Waals surface area contributed by atoms with Gasteiger partial charge in [-0.05, 0) is 50.6 Å². The summed E-state index contributed by atoms with van der Waals surface area (Å²) in [7, 11) is -3.20. The molecule has 15 heteroatoms. The quantitative estimate of drug-likeness (QED) is 0.523. The molecule has 1 heterocycles. The number of alkyl halides is 3. The van der Waals surface area contributed by atoms with Crippen LogP contribution >= 0.6 is 0 Å². The van der Waals surface area contributed by atoms with Crippen LogP contribution in [0.4, 0.5) is 28.0 Å². The second-order valence-electron chi connectivity index (χ2n) is 9.48. The zero-order valence-corrected chi connectivity index (χ0v) is 22.0. The third kappa shape index (κ3) is 7.37. The van der Waals surface area contributed by atoms with Crippen LogP contribution < -0.4 is 20.3 Å². The standard InChI is InChI=1S/C24H25F4N3O7S/c1-23(2,3)38-22(34)30-17-12-39(35,36)19-10-16(25)15(20(32)29-4)9-18(19)31(21(17)33)11-13-5-7-14(8-6-13)37-24(26,27)28/h5-10,17H,11-12H2,1-4H3,(H,29,32)(H,30,34)/t17-/m0/s1. The van der Waals surface area contributed by atoms with Gasteiger partial charge in [-0.25, -0.2) is 17.6 Å². The van der Waals surface area contributed by atoms with Crippen LogP contribution in [0.1, 0.15) is 36.7 Å². The number of carbonyl (C=O) groups excluding carboxylic acids is 3. The molecule has 212 valence electrons. The van der Waals surface area contributed by atoms with Crippen molar-refractivity contribution >= 4 is 33.4 Å². The molecular weight excluding hydrogens is 550 g/mol. The fourth-order valence-corrected chi connectivity index (χ4v) is 5.31. The van der Waals surface area contributed by atoms with Crippen molar-refractivity contribution in [3.8, 4) is 5.75 Å². The number of sulfone groups is 1. The van der Waals surface area contributed by atoms with Crippen LogP contribution in [-0.4, -0.2) is 57.1 Å². The zero-order valence-electron chi connectivity index (χ0n) is 21.2. The van der Waals surface area contributed by atoms with Crippen molar-refractivity contribution in [3.63, 3.8) is 0 Å². The topological polar surface area (TPSA) is 131 Å². The fourth-order valence-electron chi connectivity index (χ4n) is 3.70. The summed E-state index contributed by atoms with van der Waals surface area (Å²) in [6, 6.07) is 4.18. The number of fused-ring (bicyclic) bond motifs is 1. The third-order valence-electron chi connectivity index (χ3n) is 5.28. The predicted molar refractivity (Wildman–Crippen MR) is 129 cm³/mol. The van der Waals surface area contributed by atoms with Crippen LogP contribution in [0, 0.1) is 5.82 Å². The molecule has 0 saturated carbocycles. The highest BCUT2D eigenvalue weighted by Crippen LogP contribution is 2.34. The maximum Gasteiger partial charge on any atom is 0.573 e. The molecule has 39 heavy (non-hydrogen) atoms. The van der Waals surface area contributed by atoms with Gasteiger partial charge < -0.3 is 25.0 Å². The van der Waals surface area contributed by atoms with E-state index in [0.717, 1.165) is 23.1 Å². The Morgan fingerprint density at radius 1 is 1.10 bits per heavy atom. The normalized spacial score (nSPS) is 17.1. The number of alkyl carbamates (subject to hydrolysis) is 1. The minimum atomic E-state index is -4.93. The molecule has 0 spiro atoms. The number of amides is 3. The van der Waals surface area contributed by atoms with Crippen molar-refractivity contribution in [1.82, 2.24) is 10.6 Å². The molecule has 0 radical (unpaired) electrons. The van der Waals surface area contributed by atoms with Crippen LogP contribution in [0.2, 0.25) is 0 Å². The van der Waals surface area contributed by atoms with Gasteiger partial charge in [0.25, 0.3) is 11.8 Å². The summed E-state index contributed by atoms with van der Waals surface area (Å²) in [4.78, 5) is 38.5. The molecule has 0 aliphatic carbocycles. The van der Waals surface area contributed by atoms with E-state index in [1.165, 1.54) is 19.2 Å². The highest BCUT2D eigenvalue weighted by atomic mass is 32.2. The Morgan fingerprint density at radius 2 is 1.72 bits per heavy atom. The van der Waals surface area contributed by atoms with E-state index in [2.05, 4.69) is 15.4 Å². The van der Waals surface area contributed by atoms with Crippen molar-refractivity contribution in [1.29, 1.82) is 0 Å². The van der Waals surface area contributed by atoms with Gasteiger partial charge in [0.05, 0.1) is 28.4 Å². The fraction of sp³-hybridized carbons (Fsp3) is 0.375. The lowest BCUT2D eigenvalue weighted by Gasteiger charge is -2.27. The van der Waals surface area contributed by atoms with Gasteiger partial charge in [0, 0.05) is 7.05 Å². The van der Waals surface area contributed by atoms with E-state index in [1.54, 1.807) is 20.8 Å². The minimum Gasteiger partial charge on any atom is -0.444 e. The molecule has 0 unspecified atom stereocenters. The second-order valence-corrected chi connectivity index (χ2v) is 11.5. The van der Waals surface area contributed by atoms with E-state index in [4.69, 9.17) is 4.74 Å². The molecule has 2 aromatic carbocycles. The molecule has 1 aliphatic rings. The van der Waals surface area contributed by atoms with Crippen molar-refractivity contribution in [2.24, 2.45) is 0 Å². The smallest absolute Gasteiger partial charge is 0.444 e. The van der Waals surface area contributed by atoms with Crippen LogP contribution in [0.15, 0.2) is 41.3 Å². The van der Waals surface area contributed by atoms with Crippen molar-refractivity contribution in [2.75, 3.05) is 17.7 Å². The molecule has 1 aliphatic heterocycles. The number of ether oxygens (including phenoxy) is 2. The molecule has 10 nitrogen and oxygen atoms in total. The van der Waals surface area contributed by atoms with Crippen molar-refractivity contribution in [2.45, 2.75) is 50.2 Å². The third-order valence-corrected chi connectivity index (χ3v) is 7.05. The average molecular weight is 576 g/mol. The first-order chi connectivity index (χ1) is 17.9. The summed E-state index contributed by atoms with van der Waals surface area (Å²) in [5.41, 5.74) is -1.67. The monoisotopic (exact) mass is 575 g/mol. The van der Waals surface area contributed by atoms with E-state index in [1.807, 2.05) is 0 Å². The van der Waals surface area contributed by atoms with Gasteiger partial charge in [-0.3, -0.25) is 9.59 Å². The van der Waals surface area contributed by atoms with Gasteiger partial charge >= 0.3 is 12.5 Å². The Labute approximate surface area is 221 Å². The molecule has 0 bridgehead atoms. The van der Waals surface area contributed by atoms with Gasteiger partial charge in [0.2, 0.25) is 0 Å². The molecule has 1 atom stereocenters. The molecule has 2 aromatic rings. The van der Waals surface area contributed by atoms with Crippen LogP contribution in [0.25, 0.3) is 0 Å². The Morgan fingerprint density at radius 3 is 2.26 bits per heavy atom. The molecule has 0 fully saturated rings. The van der Waals surface area contributed by atoms with E-state index in [9.17, 15) is 40.4 Å². The number of hydrogen-bond donors (Lipinski definition) is 2. The summed E-state index contributed by atoms with van der Waals surface area (Å²) >= 11 is 0. The number of carbonyl (C=O) groups is 3.